The van der Waals surface area contributed by atoms with Crippen LogP contribution in [0.5, 0.6) is 5.75 Å². The first kappa shape index (κ1) is 22.5. The molecule has 0 saturated carbocycles. The highest BCUT2D eigenvalue weighted by atomic mass is 32.1. The molecule has 2 aromatic carbocycles. The van der Waals surface area contributed by atoms with Gasteiger partial charge in [-0.25, -0.2) is 4.98 Å². The van der Waals surface area contributed by atoms with Gasteiger partial charge in [0, 0.05) is 6.54 Å². The monoisotopic (exact) mass is 476 g/mol. The van der Waals surface area contributed by atoms with Crippen molar-refractivity contribution in [3.05, 3.63) is 65.4 Å². The van der Waals surface area contributed by atoms with Gasteiger partial charge in [-0.1, -0.05) is 41.7 Å². The van der Waals surface area contributed by atoms with E-state index in [1.165, 1.54) is 11.3 Å². The average molecular weight is 477 g/mol. The molecule has 0 unspecified atom stereocenters. The van der Waals surface area contributed by atoms with Crippen molar-refractivity contribution in [3.63, 3.8) is 0 Å². The van der Waals surface area contributed by atoms with E-state index in [2.05, 4.69) is 43.2 Å². The minimum absolute atomic E-state index is 0.0319. The standard InChI is InChI=1S/C25H28N6O2S/c1-18-28-29-25(34-18)27-24(32)16-30-13-11-19(12-14-30)15-31-22-10-6-5-9-21(22)26-23(31)17-33-20-7-3-2-4-8-20/h2-10,19H,11-17H2,1H3,(H,27,29,32). The van der Waals surface area contributed by atoms with Crippen molar-refractivity contribution in [2.24, 2.45) is 5.92 Å². The molecule has 1 aliphatic rings. The predicted molar refractivity (Wildman–Crippen MR) is 133 cm³/mol. The van der Waals surface area contributed by atoms with E-state index in [-0.39, 0.29) is 5.91 Å². The highest BCUT2D eigenvalue weighted by Crippen LogP contribution is 2.24. The number of para-hydroxylation sites is 3. The SMILES string of the molecule is Cc1nnc(NC(=O)CN2CCC(Cn3c(COc4ccccc4)nc4ccccc43)CC2)s1. The number of fused-ring (bicyclic) bond motifs is 1. The van der Waals surface area contributed by atoms with Crippen LogP contribution >= 0.6 is 11.3 Å². The van der Waals surface area contributed by atoms with Crippen LogP contribution in [0.3, 0.4) is 0 Å². The molecule has 2 aromatic heterocycles. The predicted octanol–water partition coefficient (Wildman–Crippen LogP) is 4.13. The van der Waals surface area contributed by atoms with Gasteiger partial charge in [0.05, 0.1) is 17.6 Å². The van der Waals surface area contributed by atoms with E-state index in [9.17, 15) is 4.79 Å². The molecule has 1 saturated heterocycles. The molecule has 34 heavy (non-hydrogen) atoms. The number of nitrogens with one attached hydrogen (secondary N) is 1. The van der Waals surface area contributed by atoms with E-state index in [1.807, 2.05) is 43.3 Å². The van der Waals surface area contributed by atoms with Gasteiger partial charge in [-0.15, -0.1) is 10.2 Å². The van der Waals surface area contributed by atoms with Gasteiger partial charge in [0.1, 0.15) is 23.2 Å². The maximum absolute atomic E-state index is 12.4. The number of aromatic nitrogens is 4. The summed E-state index contributed by atoms with van der Waals surface area (Å²) in [6, 6.07) is 18.1. The van der Waals surface area contributed by atoms with Gasteiger partial charge in [0.15, 0.2) is 0 Å². The van der Waals surface area contributed by atoms with Crippen LogP contribution in [0.4, 0.5) is 5.13 Å². The third-order valence-corrected chi connectivity index (χ3v) is 6.89. The molecule has 3 heterocycles. The van der Waals surface area contributed by atoms with Gasteiger partial charge in [-0.05, 0) is 63.0 Å². The number of hydrogen-bond donors (Lipinski definition) is 1. The average Bonchev–Trinajstić information content (AvgIpc) is 3.42. The first-order chi connectivity index (χ1) is 16.6. The molecular formula is C25H28N6O2S. The summed E-state index contributed by atoms with van der Waals surface area (Å²) in [6.45, 7) is 5.39. The first-order valence-electron chi connectivity index (χ1n) is 11.6. The van der Waals surface area contributed by atoms with E-state index in [0.717, 1.165) is 60.1 Å². The number of likely N-dealkylation sites (tertiary alicyclic amines) is 1. The summed E-state index contributed by atoms with van der Waals surface area (Å²) in [5.74, 6) is 2.28. The van der Waals surface area contributed by atoms with Crippen LogP contribution in [0.15, 0.2) is 54.6 Å². The normalized spacial score (nSPS) is 15.0. The van der Waals surface area contributed by atoms with Crippen LogP contribution in [0.25, 0.3) is 11.0 Å². The maximum atomic E-state index is 12.4. The van der Waals surface area contributed by atoms with Gasteiger partial charge in [0.2, 0.25) is 11.0 Å². The maximum Gasteiger partial charge on any atom is 0.240 e. The molecule has 1 fully saturated rings. The number of carbonyl (C=O) groups excluding carboxylic acids is 1. The lowest BCUT2D eigenvalue weighted by Gasteiger charge is -2.31. The lowest BCUT2D eigenvalue weighted by molar-refractivity contribution is -0.117. The summed E-state index contributed by atoms with van der Waals surface area (Å²) in [5, 5.41) is 12.2. The van der Waals surface area contributed by atoms with E-state index in [1.54, 1.807) is 0 Å². The Hall–Kier alpha value is -3.30. The Kier molecular flexibility index (Phi) is 6.82. The molecule has 1 aliphatic heterocycles. The molecule has 1 amide bonds. The van der Waals surface area contributed by atoms with E-state index in [0.29, 0.717) is 24.2 Å². The second kappa shape index (κ2) is 10.3. The Bertz CT molecular complexity index is 1250. The largest absolute Gasteiger partial charge is 0.486 e. The highest BCUT2D eigenvalue weighted by molar-refractivity contribution is 7.15. The molecule has 5 rings (SSSR count). The van der Waals surface area contributed by atoms with Gasteiger partial charge in [-0.3, -0.25) is 15.0 Å². The third kappa shape index (κ3) is 5.43. The fourth-order valence-corrected chi connectivity index (χ4v) is 5.01. The van der Waals surface area contributed by atoms with Crippen LogP contribution in [0, 0.1) is 12.8 Å². The first-order valence-corrected chi connectivity index (χ1v) is 12.4. The molecule has 0 bridgehead atoms. The number of imidazole rings is 1. The Morgan fingerprint density at radius 2 is 1.85 bits per heavy atom. The molecule has 0 spiro atoms. The summed E-state index contributed by atoms with van der Waals surface area (Å²) >= 11 is 1.39. The van der Waals surface area contributed by atoms with Crippen molar-refractivity contribution in [2.45, 2.75) is 32.9 Å². The van der Waals surface area contributed by atoms with Gasteiger partial charge < -0.3 is 9.30 Å². The number of nitrogens with zero attached hydrogens (tertiary/aromatic N) is 5. The summed E-state index contributed by atoms with van der Waals surface area (Å²) in [6.07, 6.45) is 2.08. The van der Waals surface area contributed by atoms with Crippen molar-refractivity contribution < 1.29 is 9.53 Å². The molecule has 4 aromatic rings. The van der Waals surface area contributed by atoms with Crippen LogP contribution in [0.1, 0.15) is 23.7 Å². The summed E-state index contributed by atoms with van der Waals surface area (Å²) in [4.78, 5) is 19.4. The van der Waals surface area contributed by atoms with Crippen molar-refractivity contribution in [3.8, 4) is 5.75 Å². The molecule has 0 radical (unpaired) electrons. The van der Waals surface area contributed by atoms with Crippen LogP contribution in [-0.2, 0) is 17.9 Å². The van der Waals surface area contributed by atoms with Crippen LogP contribution in [-0.4, -0.2) is 50.2 Å². The molecule has 0 atom stereocenters. The lowest BCUT2D eigenvalue weighted by Crippen LogP contribution is -2.40. The fraction of sp³-hybridized carbons (Fsp3) is 0.360. The number of rotatable bonds is 8. The molecule has 0 aliphatic carbocycles. The van der Waals surface area contributed by atoms with Crippen molar-refractivity contribution in [1.29, 1.82) is 0 Å². The second-order valence-electron chi connectivity index (χ2n) is 8.62. The Morgan fingerprint density at radius 3 is 2.62 bits per heavy atom. The number of anilines is 1. The number of amides is 1. The molecule has 1 N–H and O–H groups in total. The minimum atomic E-state index is -0.0319. The van der Waals surface area contributed by atoms with E-state index in [4.69, 9.17) is 9.72 Å². The zero-order valence-electron chi connectivity index (χ0n) is 19.2. The molecule has 176 valence electrons. The smallest absolute Gasteiger partial charge is 0.240 e. The Labute approximate surface area is 202 Å². The number of hydrogen-bond acceptors (Lipinski definition) is 7. The zero-order valence-corrected chi connectivity index (χ0v) is 20.0. The molecule has 8 nitrogen and oxygen atoms in total. The number of benzene rings is 2. The lowest BCUT2D eigenvalue weighted by atomic mass is 9.96. The zero-order chi connectivity index (χ0) is 23.3. The van der Waals surface area contributed by atoms with Crippen LogP contribution in [0.2, 0.25) is 0 Å². The van der Waals surface area contributed by atoms with Crippen molar-refractivity contribution in [1.82, 2.24) is 24.6 Å². The van der Waals surface area contributed by atoms with Gasteiger partial charge in [0.25, 0.3) is 0 Å². The van der Waals surface area contributed by atoms with Gasteiger partial charge >= 0.3 is 0 Å². The molecule has 9 heteroatoms. The van der Waals surface area contributed by atoms with E-state index < -0.39 is 0 Å². The minimum Gasteiger partial charge on any atom is -0.486 e. The Balaban J connectivity index is 1.19. The summed E-state index contributed by atoms with van der Waals surface area (Å²) in [5.41, 5.74) is 2.14. The number of ether oxygens (including phenoxy) is 1. The second-order valence-corrected chi connectivity index (χ2v) is 9.80. The topological polar surface area (TPSA) is 85.2 Å². The quantitative estimate of drug-likeness (QED) is 0.412. The fourth-order valence-electron chi connectivity index (χ4n) is 4.40. The van der Waals surface area contributed by atoms with Crippen LogP contribution < -0.4 is 10.1 Å². The number of carbonyl (C=O) groups is 1. The third-order valence-electron chi connectivity index (χ3n) is 6.13. The van der Waals surface area contributed by atoms with Crippen molar-refractivity contribution in [2.75, 3.05) is 25.0 Å². The van der Waals surface area contributed by atoms with E-state index >= 15 is 0 Å². The summed E-state index contributed by atoms with van der Waals surface area (Å²) in [7, 11) is 0. The Morgan fingerprint density at radius 1 is 1.09 bits per heavy atom. The van der Waals surface area contributed by atoms with Crippen molar-refractivity contribution >= 4 is 33.4 Å². The van der Waals surface area contributed by atoms with Gasteiger partial charge in [-0.2, -0.15) is 0 Å². The molecular weight excluding hydrogens is 448 g/mol. The number of piperidine rings is 1. The number of aryl methyl sites for hydroxylation is 1. The summed E-state index contributed by atoms with van der Waals surface area (Å²) < 4.78 is 8.33. The highest BCUT2D eigenvalue weighted by Gasteiger charge is 2.23.